The molecule has 0 saturated heterocycles. The van der Waals surface area contributed by atoms with Gasteiger partial charge in [-0.3, -0.25) is 0 Å². The molecule has 1 atom stereocenters. The van der Waals surface area contributed by atoms with E-state index in [0.717, 1.165) is 0 Å². The van der Waals surface area contributed by atoms with Crippen LogP contribution in [0.5, 0.6) is 5.75 Å². The lowest BCUT2D eigenvalue weighted by Gasteiger charge is -2.11. The summed E-state index contributed by atoms with van der Waals surface area (Å²) in [6.07, 6.45) is -0.652. The zero-order chi connectivity index (χ0) is 12.8. The normalized spacial score (nSPS) is 12.8. The van der Waals surface area contributed by atoms with E-state index in [1.165, 1.54) is 19.1 Å². The number of aliphatic hydroxyl groups is 1. The Morgan fingerprint density at radius 3 is 2.47 bits per heavy atom. The molecule has 1 aromatic rings. The van der Waals surface area contributed by atoms with Crippen molar-refractivity contribution in [1.82, 2.24) is 0 Å². The van der Waals surface area contributed by atoms with Gasteiger partial charge in [0.1, 0.15) is 18.2 Å². The van der Waals surface area contributed by atoms with E-state index in [1.54, 1.807) is 6.07 Å². The second kappa shape index (κ2) is 6.57. The van der Waals surface area contributed by atoms with Crippen LogP contribution in [0.3, 0.4) is 0 Å². The van der Waals surface area contributed by atoms with E-state index in [1.807, 2.05) is 13.8 Å². The topological polar surface area (TPSA) is 38.7 Å². The molecule has 1 unspecified atom stereocenters. The van der Waals surface area contributed by atoms with Crippen molar-refractivity contribution in [2.75, 3.05) is 13.2 Å². The van der Waals surface area contributed by atoms with Crippen LogP contribution in [0.1, 0.15) is 32.4 Å². The molecule has 96 valence electrons. The smallest absolute Gasteiger partial charge is 0.132 e. The highest BCUT2D eigenvalue weighted by molar-refractivity contribution is 5.29. The third-order valence-electron chi connectivity index (χ3n) is 2.23. The lowest BCUT2D eigenvalue weighted by atomic mass is 10.1. The minimum Gasteiger partial charge on any atom is -0.491 e. The van der Waals surface area contributed by atoms with Crippen molar-refractivity contribution in [1.29, 1.82) is 0 Å². The van der Waals surface area contributed by atoms with Gasteiger partial charge in [0.15, 0.2) is 0 Å². The van der Waals surface area contributed by atoms with Crippen LogP contribution in [-0.4, -0.2) is 24.4 Å². The van der Waals surface area contributed by atoms with E-state index in [4.69, 9.17) is 9.47 Å². The van der Waals surface area contributed by atoms with Gasteiger partial charge in [-0.05, 0) is 32.9 Å². The van der Waals surface area contributed by atoms with Gasteiger partial charge in [-0.15, -0.1) is 0 Å². The van der Waals surface area contributed by atoms with Crippen molar-refractivity contribution < 1.29 is 19.0 Å². The maximum absolute atomic E-state index is 13.5. The zero-order valence-corrected chi connectivity index (χ0v) is 10.4. The van der Waals surface area contributed by atoms with Gasteiger partial charge in [-0.25, -0.2) is 4.39 Å². The minimum atomic E-state index is -0.812. The standard InChI is InChI=1S/C13H19FO3/c1-9(2)16-6-7-17-11-4-5-12(10(3)15)13(14)8-11/h4-5,8-10,15H,6-7H2,1-3H3. The Hall–Kier alpha value is -1.13. The van der Waals surface area contributed by atoms with Gasteiger partial charge < -0.3 is 14.6 Å². The Morgan fingerprint density at radius 2 is 1.94 bits per heavy atom. The number of aliphatic hydroxyl groups excluding tert-OH is 1. The van der Waals surface area contributed by atoms with Crippen LogP contribution < -0.4 is 4.74 Å². The monoisotopic (exact) mass is 242 g/mol. The van der Waals surface area contributed by atoms with Crippen molar-refractivity contribution in [3.8, 4) is 5.75 Å². The molecule has 3 nitrogen and oxygen atoms in total. The van der Waals surface area contributed by atoms with Crippen LogP contribution in [0.2, 0.25) is 0 Å². The molecule has 17 heavy (non-hydrogen) atoms. The molecule has 0 fully saturated rings. The Labute approximate surface area is 101 Å². The largest absolute Gasteiger partial charge is 0.491 e. The molecule has 0 aliphatic rings. The predicted octanol–water partition coefficient (Wildman–Crippen LogP) is 2.68. The Balaban J connectivity index is 2.47. The summed E-state index contributed by atoms with van der Waals surface area (Å²) >= 11 is 0. The predicted molar refractivity (Wildman–Crippen MR) is 63.6 cm³/mol. The van der Waals surface area contributed by atoms with Crippen LogP contribution >= 0.6 is 0 Å². The number of hydrogen-bond donors (Lipinski definition) is 1. The first-order valence-corrected chi connectivity index (χ1v) is 5.72. The minimum absolute atomic E-state index is 0.160. The van der Waals surface area contributed by atoms with Gasteiger partial charge in [-0.1, -0.05) is 0 Å². The van der Waals surface area contributed by atoms with Crippen molar-refractivity contribution in [2.24, 2.45) is 0 Å². The van der Waals surface area contributed by atoms with Gasteiger partial charge in [0.05, 0.1) is 18.8 Å². The van der Waals surface area contributed by atoms with Gasteiger partial charge >= 0.3 is 0 Å². The van der Waals surface area contributed by atoms with E-state index in [0.29, 0.717) is 19.0 Å². The molecule has 0 spiro atoms. The van der Waals surface area contributed by atoms with E-state index in [9.17, 15) is 9.50 Å². The fraction of sp³-hybridized carbons (Fsp3) is 0.538. The SMILES string of the molecule is CC(C)OCCOc1ccc(C(C)O)c(F)c1. The third-order valence-corrected chi connectivity index (χ3v) is 2.23. The van der Waals surface area contributed by atoms with Crippen LogP contribution in [0, 0.1) is 5.82 Å². The van der Waals surface area contributed by atoms with Crippen molar-refractivity contribution in [3.63, 3.8) is 0 Å². The first kappa shape index (κ1) is 13.9. The number of hydrogen-bond acceptors (Lipinski definition) is 3. The lowest BCUT2D eigenvalue weighted by Crippen LogP contribution is -2.11. The summed E-state index contributed by atoms with van der Waals surface area (Å²) in [4.78, 5) is 0. The Morgan fingerprint density at radius 1 is 1.24 bits per heavy atom. The summed E-state index contributed by atoms with van der Waals surface area (Å²) in [5, 5.41) is 9.27. The van der Waals surface area contributed by atoms with Crippen LogP contribution in [0.4, 0.5) is 4.39 Å². The van der Waals surface area contributed by atoms with Crippen molar-refractivity contribution in [3.05, 3.63) is 29.6 Å². The second-order valence-electron chi connectivity index (χ2n) is 4.13. The Kier molecular flexibility index (Phi) is 5.38. The van der Waals surface area contributed by atoms with Gasteiger partial charge in [-0.2, -0.15) is 0 Å². The molecule has 0 aromatic heterocycles. The third kappa shape index (κ3) is 4.71. The van der Waals surface area contributed by atoms with Crippen LogP contribution in [0.25, 0.3) is 0 Å². The summed E-state index contributed by atoms with van der Waals surface area (Å²) in [7, 11) is 0. The number of ether oxygens (including phenoxy) is 2. The first-order chi connectivity index (χ1) is 8.00. The number of halogens is 1. The summed E-state index contributed by atoms with van der Waals surface area (Å²) in [6, 6.07) is 4.44. The number of benzene rings is 1. The molecule has 0 saturated carbocycles. The quantitative estimate of drug-likeness (QED) is 0.779. The highest BCUT2D eigenvalue weighted by atomic mass is 19.1. The molecule has 0 heterocycles. The van der Waals surface area contributed by atoms with E-state index >= 15 is 0 Å². The molecule has 0 radical (unpaired) electrons. The van der Waals surface area contributed by atoms with Crippen molar-refractivity contribution >= 4 is 0 Å². The fourth-order valence-electron chi connectivity index (χ4n) is 1.38. The maximum Gasteiger partial charge on any atom is 0.132 e. The molecule has 1 N–H and O–H groups in total. The summed E-state index contributed by atoms with van der Waals surface area (Å²) in [5.41, 5.74) is 0.274. The molecule has 0 amide bonds. The molecule has 0 aliphatic heterocycles. The van der Waals surface area contributed by atoms with E-state index in [-0.39, 0.29) is 11.7 Å². The van der Waals surface area contributed by atoms with E-state index < -0.39 is 11.9 Å². The summed E-state index contributed by atoms with van der Waals surface area (Å²) in [5.74, 6) is -0.0125. The fourth-order valence-corrected chi connectivity index (χ4v) is 1.38. The van der Waals surface area contributed by atoms with Gasteiger partial charge in [0, 0.05) is 11.6 Å². The lowest BCUT2D eigenvalue weighted by molar-refractivity contribution is 0.0551. The molecule has 0 bridgehead atoms. The molecular formula is C13H19FO3. The van der Waals surface area contributed by atoms with Gasteiger partial charge in [0.25, 0.3) is 0 Å². The average molecular weight is 242 g/mol. The molecule has 0 aliphatic carbocycles. The van der Waals surface area contributed by atoms with Crippen LogP contribution in [-0.2, 0) is 4.74 Å². The van der Waals surface area contributed by atoms with E-state index in [2.05, 4.69) is 0 Å². The molecule has 1 aromatic carbocycles. The highest BCUT2D eigenvalue weighted by Gasteiger charge is 2.08. The maximum atomic E-state index is 13.5. The summed E-state index contributed by atoms with van der Waals surface area (Å²) in [6.45, 7) is 6.26. The second-order valence-corrected chi connectivity index (χ2v) is 4.13. The molecule has 4 heteroatoms. The van der Waals surface area contributed by atoms with Crippen LogP contribution in [0.15, 0.2) is 18.2 Å². The van der Waals surface area contributed by atoms with Crippen molar-refractivity contribution in [2.45, 2.75) is 33.0 Å². The highest BCUT2D eigenvalue weighted by Crippen LogP contribution is 2.21. The first-order valence-electron chi connectivity index (χ1n) is 5.72. The number of rotatable bonds is 6. The average Bonchev–Trinajstić information content (AvgIpc) is 2.23. The summed E-state index contributed by atoms with van der Waals surface area (Å²) < 4.78 is 24.1. The molecule has 1 rings (SSSR count). The zero-order valence-electron chi connectivity index (χ0n) is 10.4. The Bertz CT molecular complexity index is 351. The molecular weight excluding hydrogens is 223 g/mol. The van der Waals surface area contributed by atoms with Gasteiger partial charge in [0.2, 0.25) is 0 Å².